The SMILES string of the molecule is O=Cc1ccc(-c2cc(Cl)c3ncccc3c2)o1. The number of hydrogen-bond donors (Lipinski definition) is 0. The molecule has 0 aliphatic rings. The van der Waals surface area contributed by atoms with Crippen LogP contribution in [0.3, 0.4) is 0 Å². The molecule has 88 valence electrons. The molecular weight excluding hydrogens is 250 g/mol. The van der Waals surface area contributed by atoms with E-state index in [0.29, 0.717) is 22.8 Å². The van der Waals surface area contributed by atoms with Crippen molar-refractivity contribution >= 4 is 28.8 Å². The minimum atomic E-state index is 0.299. The van der Waals surface area contributed by atoms with Gasteiger partial charge in [-0.05, 0) is 30.3 Å². The molecule has 3 nitrogen and oxygen atoms in total. The van der Waals surface area contributed by atoms with Crippen LogP contribution in [0.15, 0.2) is 47.0 Å². The van der Waals surface area contributed by atoms with Crippen LogP contribution in [0.1, 0.15) is 10.6 Å². The summed E-state index contributed by atoms with van der Waals surface area (Å²) in [6.07, 6.45) is 2.37. The van der Waals surface area contributed by atoms with Crippen LogP contribution in [-0.4, -0.2) is 11.3 Å². The molecule has 18 heavy (non-hydrogen) atoms. The molecule has 0 bridgehead atoms. The maximum absolute atomic E-state index is 10.6. The first-order valence-corrected chi connectivity index (χ1v) is 5.75. The third-order valence-corrected chi connectivity index (χ3v) is 2.97. The first kappa shape index (κ1) is 11.0. The van der Waals surface area contributed by atoms with E-state index in [4.69, 9.17) is 16.0 Å². The van der Waals surface area contributed by atoms with Gasteiger partial charge in [-0.15, -0.1) is 0 Å². The van der Waals surface area contributed by atoms with Gasteiger partial charge in [0.1, 0.15) is 5.76 Å². The minimum absolute atomic E-state index is 0.299. The number of benzene rings is 1. The van der Waals surface area contributed by atoms with Gasteiger partial charge in [0.05, 0.1) is 10.5 Å². The van der Waals surface area contributed by atoms with Crippen molar-refractivity contribution in [2.75, 3.05) is 0 Å². The summed E-state index contributed by atoms with van der Waals surface area (Å²) in [5, 5.41) is 1.50. The van der Waals surface area contributed by atoms with Crippen molar-refractivity contribution in [3.8, 4) is 11.3 Å². The number of carbonyl (C=O) groups is 1. The van der Waals surface area contributed by atoms with Gasteiger partial charge in [0.25, 0.3) is 0 Å². The van der Waals surface area contributed by atoms with E-state index in [2.05, 4.69) is 4.98 Å². The van der Waals surface area contributed by atoms with Gasteiger partial charge in [-0.1, -0.05) is 17.7 Å². The second-order valence-electron chi connectivity index (χ2n) is 3.85. The van der Waals surface area contributed by atoms with Crippen LogP contribution in [0.4, 0.5) is 0 Å². The second kappa shape index (κ2) is 4.27. The van der Waals surface area contributed by atoms with Crippen LogP contribution in [0, 0.1) is 0 Å². The molecule has 0 amide bonds. The number of fused-ring (bicyclic) bond motifs is 1. The zero-order valence-electron chi connectivity index (χ0n) is 9.26. The van der Waals surface area contributed by atoms with E-state index in [9.17, 15) is 4.79 Å². The lowest BCUT2D eigenvalue weighted by molar-refractivity contribution is 0.110. The average Bonchev–Trinajstić information content (AvgIpc) is 2.87. The van der Waals surface area contributed by atoms with Gasteiger partial charge >= 0.3 is 0 Å². The summed E-state index contributed by atoms with van der Waals surface area (Å²) in [6, 6.07) is 10.9. The molecule has 0 spiro atoms. The highest BCUT2D eigenvalue weighted by atomic mass is 35.5. The summed E-state index contributed by atoms with van der Waals surface area (Å²) < 4.78 is 5.38. The summed E-state index contributed by atoms with van der Waals surface area (Å²) in [4.78, 5) is 14.8. The standard InChI is InChI=1S/C14H8ClNO2/c15-12-7-10(13-4-3-11(8-17)18-13)6-9-2-1-5-16-14(9)12/h1-8H. The van der Waals surface area contributed by atoms with Gasteiger partial charge in [-0.25, -0.2) is 0 Å². The number of hydrogen-bond acceptors (Lipinski definition) is 3. The van der Waals surface area contributed by atoms with Crippen molar-refractivity contribution in [2.24, 2.45) is 0 Å². The predicted molar refractivity (Wildman–Crippen MR) is 69.8 cm³/mol. The number of halogens is 1. The maximum Gasteiger partial charge on any atom is 0.185 e. The Morgan fingerprint density at radius 3 is 2.89 bits per heavy atom. The molecule has 3 aromatic rings. The molecule has 0 aliphatic heterocycles. The van der Waals surface area contributed by atoms with Crippen molar-refractivity contribution in [1.29, 1.82) is 0 Å². The topological polar surface area (TPSA) is 43.1 Å². The zero-order chi connectivity index (χ0) is 12.5. The third-order valence-electron chi connectivity index (χ3n) is 2.69. The fourth-order valence-corrected chi connectivity index (χ4v) is 2.14. The Bertz CT molecular complexity index is 733. The minimum Gasteiger partial charge on any atom is -0.453 e. The molecule has 4 heteroatoms. The summed E-state index contributed by atoms with van der Waals surface area (Å²) >= 11 is 6.18. The normalized spacial score (nSPS) is 10.7. The van der Waals surface area contributed by atoms with Crippen LogP contribution in [0.25, 0.3) is 22.2 Å². The molecule has 2 heterocycles. The fourth-order valence-electron chi connectivity index (χ4n) is 1.86. The van der Waals surface area contributed by atoms with E-state index in [1.807, 2.05) is 18.2 Å². The average molecular weight is 258 g/mol. The lowest BCUT2D eigenvalue weighted by Crippen LogP contribution is -1.82. The lowest BCUT2D eigenvalue weighted by atomic mass is 10.1. The van der Waals surface area contributed by atoms with Gasteiger partial charge in [0, 0.05) is 17.1 Å². The van der Waals surface area contributed by atoms with Crippen molar-refractivity contribution in [2.45, 2.75) is 0 Å². The number of furan rings is 1. The monoisotopic (exact) mass is 257 g/mol. The van der Waals surface area contributed by atoms with E-state index in [-0.39, 0.29) is 0 Å². The number of aldehydes is 1. The Balaban J connectivity index is 2.20. The van der Waals surface area contributed by atoms with Crippen LogP contribution in [0.2, 0.25) is 5.02 Å². The van der Waals surface area contributed by atoms with E-state index >= 15 is 0 Å². The van der Waals surface area contributed by atoms with Crippen molar-refractivity contribution in [3.05, 3.63) is 53.4 Å². The number of rotatable bonds is 2. The summed E-state index contributed by atoms with van der Waals surface area (Å²) in [5.41, 5.74) is 1.58. The van der Waals surface area contributed by atoms with Gasteiger partial charge in [0.2, 0.25) is 0 Å². The molecule has 0 saturated carbocycles. The van der Waals surface area contributed by atoms with Crippen LogP contribution in [-0.2, 0) is 0 Å². The van der Waals surface area contributed by atoms with Crippen molar-refractivity contribution in [3.63, 3.8) is 0 Å². The van der Waals surface area contributed by atoms with Gasteiger partial charge < -0.3 is 4.42 Å². The largest absolute Gasteiger partial charge is 0.453 e. The van der Waals surface area contributed by atoms with Gasteiger partial charge in [-0.2, -0.15) is 0 Å². The quantitative estimate of drug-likeness (QED) is 0.653. The van der Waals surface area contributed by atoms with Gasteiger partial charge in [0.15, 0.2) is 12.0 Å². The first-order chi connectivity index (χ1) is 8.78. The predicted octanol–water partition coefficient (Wildman–Crippen LogP) is 3.96. The Morgan fingerprint density at radius 2 is 2.11 bits per heavy atom. The smallest absolute Gasteiger partial charge is 0.185 e. The molecule has 0 radical (unpaired) electrons. The highest BCUT2D eigenvalue weighted by molar-refractivity contribution is 6.35. The molecule has 0 atom stereocenters. The molecule has 0 unspecified atom stereocenters. The Morgan fingerprint density at radius 1 is 1.22 bits per heavy atom. The summed E-state index contributed by atoms with van der Waals surface area (Å²) in [5.74, 6) is 0.914. The van der Waals surface area contributed by atoms with Crippen molar-refractivity contribution in [1.82, 2.24) is 4.98 Å². The number of pyridine rings is 1. The molecule has 0 fully saturated rings. The number of nitrogens with zero attached hydrogens (tertiary/aromatic N) is 1. The van der Waals surface area contributed by atoms with E-state index in [1.54, 1.807) is 24.4 Å². The van der Waals surface area contributed by atoms with Crippen LogP contribution >= 0.6 is 11.6 Å². The molecular formula is C14H8ClNO2. The van der Waals surface area contributed by atoms with Gasteiger partial charge in [-0.3, -0.25) is 9.78 Å². The lowest BCUT2D eigenvalue weighted by Gasteiger charge is -2.03. The molecule has 0 N–H and O–H groups in total. The second-order valence-corrected chi connectivity index (χ2v) is 4.26. The summed E-state index contributed by atoms with van der Waals surface area (Å²) in [7, 11) is 0. The van der Waals surface area contributed by atoms with Crippen molar-refractivity contribution < 1.29 is 9.21 Å². The number of aromatic nitrogens is 1. The Labute approximate surface area is 108 Å². The highest BCUT2D eigenvalue weighted by Gasteiger charge is 2.08. The zero-order valence-corrected chi connectivity index (χ0v) is 10.0. The number of carbonyl (C=O) groups excluding carboxylic acids is 1. The Kier molecular flexibility index (Phi) is 2.61. The molecule has 2 aromatic heterocycles. The van der Waals surface area contributed by atoms with Crippen LogP contribution < -0.4 is 0 Å². The fraction of sp³-hybridized carbons (Fsp3) is 0. The maximum atomic E-state index is 10.6. The third kappa shape index (κ3) is 1.79. The molecule has 0 saturated heterocycles. The molecule has 3 rings (SSSR count). The Hall–Kier alpha value is -2.13. The first-order valence-electron chi connectivity index (χ1n) is 5.37. The van der Waals surface area contributed by atoms with Crippen LogP contribution in [0.5, 0.6) is 0 Å². The molecule has 1 aromatic carbocycles. The highest BCUT2D eigenvalue weighted by Crippen LogP contribution is 2.30. The van der Waals surface area contributed by atoms with E-state index in [0.717, 1.165) is 16.5 Å². The molecule has 0 aliphatic carbocycles. The van der Waals surface area contributed by atoms with E-state index in [1.165, 1.54) is 0 Å². The van der Waals surface area contributed by atoms with E-state index < -0.39 is 0 Å². The summed E-state index contributed by atoms with van der Waals surface area (Å²) in [6.45, 7) is 0.